The largest absolute Gasteiger partial charge is 0.461 e. The van der Waals surface area contributed by atoms with Crippen LogP contribution in [-0.2, 0) is 22.6 Å². The molecule has 0 radical (unpaired) electrons. The number of benzene rings is 1. The quantitative estimate of drug-likeness (QED) is 0.655. The summed E-state index contributed by atoms with van der Waals surface area (Å²) < 4.78 is 6.09. The number of carbonyl (C=O) groups excluding carboxylic acids is 2. The van der Waals surface area contributed by atoms with E-state index in [0.29, 0.717) is 24.8 Å². The lowest BCUT2D eigenvalue weighted by Crippen LogP contribution is -2.36. The SMILES string of the molecule is CC(CC(=O)Nc1ccc(-c2cc3c(o2)CCN(C(=O)C2CC2)C3)cc1)CC(C)(C)C. The highest BCUT2D eigenvalue weighted by molar-refractivity contribution is 5.91. The number of anilines is 1. The zero-order valence-electron chi connectivity index (χ0n) is 19.2. The summed E-state index contributed by atoms with van der Waals surface area (Å²) in [5, 5.41) is 3.01. The third kappa shape index (κ3) is 5.57. The van der Waals surface area contributed by atoms with Crippen LogP contribution >= 0.6 is 0 Å². The molecule has 1 unspecified atom stereocenters. The van der Waals surface area contributed by atoms with Gasteiger partial charge in [-0.1, -0.05) is 27.7 Å². The third-order valence-electron chi connectivity index (χ3n) is 6.05. The minimum atomic E-state index is 0.0541. The highest BCUT2D eigenvalue weighted by Gasteiger charge is 2.35. The van der Waals surface area contributed by atoms with Crippen molar-refractivity contribution in [1.29, 1.82) is 0 Å². The van der Waals surface area contributed by atoms with Gasteiger partial charge in [-0.3, -0.25) is 9.59 Å². The Morgan fingerprint density at radius 3 is 2.55 bits per heavy atom. The summed E-state index contributed by atoms with van der Waals surface area (Å²) in [6, 6.07) is 9.86. The summed E-state index contributed by atoms with van der Waals surface area (Å²) in [4.78, 5) is 26.7. The number of fused-ring (bicyclic) bond motifs is 1. The Labute approximate surface area is 185 Å². The molecule has 0 saturated heterocycles. The van der Waals surface area contributed by atoms with Gasteiger partial charge in [0.15, 0.2) is 0 Å². The lowest BCUT2D eigenvalue weighted by Gasteiger charge is -2.26. The van der Waals surface area contributed by atoms with Crippen molar-refractivity contribution in [1.82, 2.24) is 4.90 Å². The standard InChI is InChI=1S/C26H34N2O3/c1-17(15-26(2,3)4)13-24(29)27-21-9-7-18(8-10-21)23-14-20-16-28(12-11-22(20)31-23)25(30)19-5-6-19/h7-10,14,17,19H,5-6,11-13,15-16H2,1-4H3,(H,27,29). The van der Waals surface area contributed by atoms with Gasteiger partial charge >= 0.3 is 0 Å². The molecular weight excluding hydrogens is 388 g/mol. The average molecular weight is 423 g/mol. The van der Waals surface area contributed by atoms with Crippen LogP contribution in [-0.4, -0.2) is 23.3 Å². The maximum atomic E-state index is 12.4. The topological polar surface area (TPSA) is 62.6 Å². The molecule has 0 spiro atoms. The molecule has 1 N–H and O–H groups in total. The van der Waals surface area contributed by atoms with Crippen LogP contribution < -0.4 is 5.32 Å². The fourth-order valence-electron chi connectivity index (χ4n) is 4.62. The minimum Gasteiger partial charge on any atom is -0.461 e. The molecule has 2 aliphatic rings. The zero-order chi connectivity index (χ0) is 22.2. The number of nitrogens with zero attached hydrogens (tertiary/aromatic N) is 1. The highest BCUT2D eigenvalue weighted by atomic mass is 16.3. The first-order valence-corrected chi connectivity index (χ1v) is 11.5. The van der Waals surface area contributed by atoms with Crippen molar-refractivity contribution in [3.05, 3.63) is 41.7 Å². The molecule has 31 heavy (non-hydrogen) atoms. The maximum absolute atomic E-state index is 12.4. The Hall–Kier alpha value is -2.56. The predicted molar refractivity (Wildman–Crippen MR) is 122 cm³/mol. The monoisotopic (exact) mass is 422 g/mol. The lowest BCUT2D eigenvalue weighted by atomic mass is 9.84. The second-order valence-corrected chi connectivity index (χ2v) is 10.5. The number of hydrogen-bond acceptors (Lipinski definition) is 3. The molecule has 5 nitrogen and oxygen atoms in total. The van der Waals surface area contributed by atoms with Gasteiger partial charge in [-0.05, 0) is 60.9 Å². The van der Waals surface area contributed by atoms with Crippen molar-refractivity contribution in [2.45, 2.75) is 66.3 Å². The van der Waals surface area contributed by atoms with Crippen molar-refractivity contribution in [2.75, 3.05) is 11.9 Å². The molecule has 1 aromatic heterocycles. The second kappa shape index (κ2) is 8.52. The zero-order valence-corrected chi connectivity index (χ0v) is 19.2. The van der Waals surface area contributed by atoms with Crippen molar-refractivity contribution in [2.24, 2.45) is 17.3 Å². The smallest absolute Gasteiger partial charge is 0.225 e. The Kier molecular flexibility index (Phi) is 5.96. The van der Waals surface area contributed by atoms with Gasteiger partial charge in [-0.25, -0.2) is 0 Å². The molecule has 4 rings (SSSR count). The van der Waals surface area contributed by atoms with E-state index in [2.05, 4.69) is 39.1 Å². The van der Waals surface area contributed by atoms with Gasteiger partial charge in [0.25, 0.3) is 0 Å². The van der Waals surface area contributed by atoms with Crippen LogP contribution in [0.3, 0.4) is 0 Å². The van der Waals surface area contributed by atoms with Crippen molar-refractivity contribution in [3.63, 3.8) is 0 Å². The van der Waals surface area contributed by atoms with Crippen LogP contribution in [0.25, 0.3) is 11.3 Å². The Morgan fingerprint density at radius 1 is 1.19 bits per heavy atom. The van der Waals surface area contributed by atoms with Crippen LogP contribution in [0, 0.1) is 17.3 Å². The van der Waals surface area contributed by atoms with Crippen LogP contribution in [0.1, 0.15) is 64.7 Å². The summed E-state index contributed by atoms with van der Waals surface area (Å²) in [5.41, 5.74) is 3.12. The fourth-order valence-corrected chi connectivity index (χ4v) is 4.62. The molecule has 1 aromatic carbocycles. The van der Waals surface area contributed by atoms with Gasteiger partial charge in [-0.2, -0.15) is 0 Å². The molecule has 1 atom stereocenters. The number of carbonyl (C=O) groups is 2. The van der Waals surface area contributed by atoms with E-state index in [0.717, 1.165) is 60.6 Å². The fraction of sp³-hybridized carbons (Fsp3) is 0.538. The minimum absolute atomic E-state index is 0.0541. The Bertz CT molecular complexity index is 948. The molecule has 2 amide bonds. The van der Waals surface area contributed by atoms with E-state index in [9.17, 15) is 9.59 Å². The van der Waals surface area contributed by atoms with E-state index < -0.39 is 0 Å². The van der Waals surface area contributed by atoms with Crippen molar-refractivity contribution >= 4 is 17.5 Å². The molecule has 1 aliphatic carbocycles. The number of hydrogen-bond donors (Lipinski definition) is 1. The normalized spacial score (nSPS) is 17.2. The van der Waals surface area contributed by atoms with E-state index in [4.69, 9.17) is 4.42 Å². The Balaban J connectivity index is 1.35. The van der Waals surface area contributed by atoms with Crippen LogP contribution in [0.5, 0.6) is 0 Å². The average Bonchev–Trinajstić information content (AvgIpc) is 3.44. The third-order valence-corrected chi connectivity index (χ3v) is 6.05. The molecule has 166 valence electrons. The van der Waals surface area contributed by atoms with E-state index in [1.165, 1.54) is 0 Å². The van der Waals surface area contributed by atoms with Crippen LogP contribution in [0.4, 0.5) is 5.69 Å². The number of rotatable bonds is 6. The molecule has 2 aromatic rings. The first-order valence-electron chi connectivity index (χ1n) is 11.5. The molecule has 2 heterocycles. The van der Waals surface area contributed by atoms with Crippen molar-refractivity contribution in [3.8, 4) is 11.3 Å². The molecule has 5 heteroatoms. The van der Waals surface area contributed by atoms with Gasteiger partial charge in [-0.15, -0.1) is 0 Å². The molecule has 0 bridgehead atoms. The predicted octanol–water partition coefficient (Wildman–Crippen LogP) is 5.64. The van der Waals surface area contributed by atoms with Gasteiger partial charge in [0.2, 0.25) is 11.8 Å². The summed E-state index contributed by atoms with van der Waals surface area (Å²) >= 11 is 0. The van der Waals surface area contributed by atoms with E-state index in [1.807, 2.05) is 29.2 Å². The van der Waals surface area contributed by atoms with Gasteiger partial charge < -0.3 is 14.6 Å². The summed E-state index contributed by atoms with van der Waals surface area (Å²) in [5.74, 6) is 2.76. The van der Waals surface area contributed by atoms with Gasteiger partial charge in [0.05, 0.1) is 0 Å². The summed E-state index contributed by atoms with van der Waals surface area (Å²) in [7, 11) is 0. The summed E-state index contributed by atoms with van der Waals surface area (Å²) in [6.45, 7) is 10.1. The van der Waals surface area contributed by atoms with E-state index >= 15 is 0 Å². The number of nitrogens with one attached hydrogen (secondary N) is 1. The maximum Gasteiger partial charge on any atom is 0.225 e. The second-order valence-electron chi connectivity index (χ2n) is 10.5. The molecule has 1 fully saturated rings. The van der Waals surface area contributed by atoms with E-state index in [1.54, 1.807) is 0 Å². The Morgan fingerprint density at radius 2 is 1.90 bits per heavy atom. The van der Waals surface area contributed by atoms with Crippen LogP contribution in [0.2, 0.25) is 0 Å². The van der Waals surface area contributed by atoms with Gasteiger partial charge in [0.1, 0.15) is 11.5 Å². The lowest BCUT2D eigenvalue weighted by molar-refractivity contribution is -0.133. The molecule has 1 saturated carbocycles. The highest BCUT2D eigenvalue weighted by Crippen LogP contribution is 2.35. The summed E-state index contributed by atoms with van der Waals surface area (Å²) in [6.07, 6.45) is 4.40. The first-order chi connectivity index (χ1) is 14.7. The van der Waals surface area contributed by atoms with Crippen molar-refractivity contribution < 1.29 is 14.0 Å². The van der Waals surface area contributed by atoms with E-state index in [-0.39, 0.29) is 17.2 Å². The number of amides is 2. The first kappa shape index (κ1) is 21.7. The van der Waals surface area contributed by atoms with Crippen LogP contribution in [0.15, 0.2) is 34.7 Å². The molecule has 1 aliphatic heterocycles. The van der Waals surface area contributed by atoms with Gasteiger partial charge in [0, 0.05) is 48.7 Å². The molecular formula is C26H34N2O3. The number of furan rings is 1.